The van der Waals surface area contributed by atoms with Crippen LogP contribution in [0, 0.1) is 11.8 Å². The minimum Gasteiger partial charge on any atom is -0.451 e. The predicted octanol–water partition coefficient (Wildman–Crippen LogP) is 3.15. The Balaban J connectivity index is 2.37. The zero-order valence-corrected chi connectivity index (χ0v) is 10.5. The molecule has 0 aromatic heterocycles. The van der Waals surface area contributed by atoms with E-state index >= 15 is 0 Å². The minimum atomic E-state index is -0.469. The highest BCUT2D eigenvalue weighted by atomic mass is 16.5. The molecule has 0 fully saturated rings. The molecule has 17 heavy (non-hydrogen) atoms. The van der Waals surface area contributed by atoms with Crippen LogP contribution >= 0.6 is 0 Å². The Kier molecular flexibility index (Phi) is 5.93. The fourth-order valence-corrected chi connectivity index (χ4v) is 1.48. The van der Waals surface area contributed by atoms with E-state index in [0.717, 1.165) is 24.0 Å². The van der Waals surface area contributed by atoms with Crippen molar-refractivity contribution in [3.8, 4) is 11.8 Å². The van der Waals surface area contributed by atoms with Crippen LogP contribution in [-0.2, 0) is 9.53 Å². The van der Waals surface area contributed by atoms with Crippen LogP contribution in [0.1, 0.15) is 39.5 Å². The van der Waals surface area contributed by atoms with Crippen molar-refractivity contribution in [2.75, 3.05) is 6.61 Å². The lowest BCUT2D eigenvalue weighted by Gasteiger charge is -2.05. The number of hydrogen-bond donors (Lipinski definition) is 0. The molecule has 1 rings (SSSR count). The quantitative estimate of drug-likeness (QED) is 0.315. The van der Waals surface area contributed by atoms with Gasteiger partial charge >= 0.3 is 5.97 Å². The maximum absolute atomic E-state index is 11.3. The summed E-state index contributed by atoms with van der Waals surface area (Å²) in [5, 5.41) is 0. The number of ether oxygens (including phenoxy) is 1. The summed E-state index contributed by atoms with van der Waals surface area (Å²) in [5.41, 5.74) is 5.08. The highest BCUT2D eigenvalue weighted by Gasteiger charge is 2.00. The Morgan fingerprint density at radius 1 is 1.47 bits per heavy atom. The molecule has 90 valence electrons. The highest BCUT2D eigenvalue weighted by Crippen LogP contribution is 2.15. The summed E-state index contributed by atoms with van der Waals surface area (Å²) in [5.74, 6) is 4.91. The fourth-order valence-electron chi connectivity index (χ4n) is 1.48. The number of carbonyl (C=O) groups excluding carboxylic acids is 1. The molecule has 0 atom stereocenters. The van der Waals surface area contributed by atoms with Gasteiger partial charge in [-0.3, -0.25) is 0 Å². The van der Waals surface area contributed by atoms with Crippen LogP contribution in [0.3, 0.4) is 0 Å². The van der Waals surface area contributed by atoms with Gasteiger partial charge in [0.1, 0.15) is 6.61 Å². The van der Waals surface area contributed by atoms with E-state index < -0.39 is 5.97 Å². The van der Waals surface area contributed by atoms with Gasteiger partial charge in [0.05, 0.1) is 0 Å². The molecule has 0 aliphatic heterocycles. The second-order valence-electron chi connectivity index (χ2n) is 4.17. The van der Waals surface area contributed by atoms with Gasteiger partial charge in [-0.25, -0.2) is 4.79 Å². The van der Waals surface area contributed by atoms with Crippen molar-refractivity contribution in [1.29, 1.82) is 0 Å². The van der Waals surface area contributed by atoms with Crippen molar-refractivity contribution >= 4 is 5.97 Å². The van der Waals surface area contributed by atoms with Gasteiger partial charge in [-0.15, -0.1) is 5.73 Å². The van der Waals surface area contributed by atoms with Crippen LogP contribution < -0.4 is 0 Å². The van der Waals surface area contributed by atoms with E-state index in [4.69, 9.17) is 4.74 Å². The Labute approximate surface area is 103 Å². The zero-order valence-electron chi connectivity index (χ0n) is 10.5. The standard InChI is InChI=1S/C15H18O2/c1-13(2)7-6-12-17-15(16)11-10-14-8-4-3-5-9-14/h6,8H,3-5,9,12H2,1-2H3. The molecule has 0 saturated carbocycles. The third kappa shape index (κ3) is 6.45. The number of esters is 1. The Bertz CT molecular complexity index is 420. The first-order valence-corrected chi connectivity index (χ1v) is 5.94. The largest absolute Gasteiger partial charge is 0.451 e. The highest BCUT2D eigenvalue weighted by molar-refractivity contribution is 5.89. The molecule has 0 aromatic carbocycles. The van der Waals surface area contributed by atoms with Crippen molar-refractivity contribution in [1.82, 2.24) is 0 Å². The van der Waals surface area contributed by atoms with Gasteiger partial charge in [-0.05, 0) is 56.8 Å². The molecule has 0 N–H and O–H groups in total. The Hall–Kier alpha value is -1.71. The first-order valence-electron chi connectivity index (χ1n) is 5.94. The molecule has 0 spiro atoms. The first kappa shape index (κ1) is 13.4. The molecule has 0 radical (unpaired) electrons. The average molecular weight is 230 g/mol. The van der Waals surface area contributed by atoms with Gasteiger partial charge in [-0.2, -0.15) is 0 Å². The first-order chi connectivity index (χ1) is 8.18. The van der Waals surface area contributed by atoms with E-state index in [9.17, 15) is 4.79 Å². The average Bonchev–Trinajstić information content (AvgIpc) is 2.33. The molecule has 2 nitrogen and oxygen atoms in total. The summed E-state index contributed by atoms with van der Waals surface area (Å²) in [4.78, 5) is 11.3. The number of hydrogen-bond acceptors (Lipinski definition) is 2. The van der Waals surface area contributed by atoms with Gasteiger partial charge in [0.2, 0.25) is 0 Å². The predicted molar refractivity (Wildman–Crippen MR) is 68.2 cm³/mol. The van der Waals surface area contributed by atoms with Crippen molar-refractivity contribution < 1.29 is 9.53 Å². The van der Waals surface area contributed by atoms with Crippen LogP contribution in [0.25, 0.3) is 0 Å². The van der Waals surface area contributed by atoms with Gasteiger partial charge in [-0.1, -0.05) is 12.0 Å². The maximum Gasteiger partial charge on any atom is 0.385 e. The third-order valence-corrected chi connectivity index (χ3v) is 2.30. The molecule has 2 heteroatoms. The fraction of sp³-hybridized carbons (Fsp3) is 0.467. The molecular weight excluding hydrogens is 212 g/mol. The van der Waals surface area contributed by atoms with Gasteiger partial charge < -0.3 is 4.74 Å². The maximum atomic E-state index is 11.3. The molecule has 0 saturated heterocycles. The van der Waals surface area contributed by atoms with Crippen molar-refractivity contribution in [2.24, 2.45) is 0 Å². The molecule has 0 unspecified atom stereocenters. The lowest BCUT2D eigenvalue weighted by Crippen LogP contribution is -2.01. The van der Waals surface area contributed by atoms with E-state index in [1.807, 2.05) is 13.8 Å². The van der Waals surface area contributed by atoms with E-state index in [-0.39, 0.29) is 6.61 Å². The summed E-state index contributed by atoms with van der Waals surface area (Å²) in [7, 11) is 0. The van der Waals surface area contributed by atoms with E-state index in [1.165, 1.54) is 12.8 Å². The van der Waals surface area contributed by atoms with Crippen LogP contribution in [-0.4, -0.2) is 12.6 Å². The normalized spacial score (nSPS) is 13.6. The number of allylic oxidation sites excluding steroid dienone is 2. The van der Waals surface area contributed by atoms with E-state index in [0.29, 0.717) is 0 Å². The van der Waals surface area contributed by atoms with Crippen LogP contribution in [0.5, 0.6) is 0 Å². The van der Waals surface area contributed by atoms with Gasteiger partial charge in [0.25, 0.3) is 0 Å². The molecule has 0 aromatic rings. The van der Waals surface area contributed by atoms with Crippen molar-refractivity contribution in [3.63, 3.8) is 0 Å². The van der Waals surface area contributed by atoms with Crippen LogP contribution in [0.4, 0.5) is 0 Å². The summed E-state index contributed by atoms with van der Waals surface area (Å²) in [6, 6.07) is 0. The SMILES string of the molecule is CC(C)=C=CCOC(=O)C#CC1=CCCCC1. The lowest BCUT2D eigenvalue weighted by atomic mass is 10.0. The van der Waals surface area contributed by atoms with E-state index in [2.05, 4.69) is 23.6 Å². The van der Waals surface area contributed by atoms with E-state index in [1.54, 1.807) is 6.08 Å². The summed E-state index contributed by atoms with van der Waals surface area (Å²) >= 11 is 0. The van der Waals surface area contributed by atoms with Gasteiger partial charge in [0, 0.05) is 5.92 Å². The topological polar surface area (TPSA) is 26.3 Å². The Morgan fingerprint density at radius 3 is 2.94 bits per heavy atom. The molecule has 1 aliphatic carbocycles. The summed E-state index contributed by atoms with van der Waals surface area (Å²) < 4.78 is 4.91. The van der Waals surface area contributed by atoms with Gasteiger partial charge in [0.15, 0.2) is 0 Å². The molecule has 1 aliphatic rings. The summed E-state index contributed by atoms with van der Waals surface area (Å²) in [6.45, 7) is 4.11. The monoisotopic (exact) mass is 230 g/mol. The second-order valence-corrected chi connectivity index (χ2v) is 4.17. The zero-order chi connectivity index (χ0) is 12.5. The lowest BCUT2D eigenvalue weighted by molar-refractivity contribution is -0.135. The summed E-state index contributed by atoms with van der Waals surface area (Å²) in [6.07, 6.45) is 8.24. The molecule has 0 heterocycles. The number of rotatable bonds is 2. The molecule has 0 bridgehead atoms. The number of carbonyl (C=O) groups is 1. The van der Waals surface area contributed by atoms with Crippen molar-refractivity contribution in [2.45, 2.75) is 39.5 Å². The second kappa shape index (κ2) is 7.54. The Morgan fingerprint density at radius 2 is 2.29 bits per heavy atom. The van der Waals surface area contributed by atoms with Crippen LogP contribution in [0.2, 0.25) is 0 Å². The third-order valence-electron chi connectivity index (χ3n) is 2.30. The minimum absolute atomic E-state index is 0.234. The molecular formula is C15H18O2. The van der Waals surface area contributed by atoms with Crippen molar-refractivity contribution in [3.05, 3.63) is 29.0 Å². The smallest absolute Gasteiger partial charge is 0.385 e. The van der Waals surface area contributed by atoms with Crippen LogP contribution in [0.15, 0.2) is 29.0 Å². The molecule has 0 amide bonds.